The summed E-state index contributed by atoms with van der Waals surface area (Å²) in [6.07, 6.45) is 6.07. The summed E-state index contributed by atoms with van der Waals surface area (Å²) in [4.78, 5) is 9.28. The molecule has 0 bridgehead atoms. The normalized spacial score (nSPS) is 14.4. The summed E-state index contributed by atoms with van der Waals surface area (Å²) in [7, 11) is -1.08. The van der Waals surface area contributed by atoms with Crippen molar-refractivity contribution in [3.05, 3.63) is 42.8 Å². The molecule has 0 radical (unpaired) electrons. The van der Waals surface area contributed by atoms with Crippen molar-refractivity contribution in [2.75, 3.05) is 17.2 Å². The van der Waals surface area contributed by atoms with E-state index in [1.807, 2.05) is 6.07 Å². The largest absolute Gasteiger partial charge is 0.459 e. The van der Waals surface area contributed by atoms with E-state index in [0.29, 0.717) is 24.3 Å². The fraction of sp³-hybridized carbons (Fsp3) is 0.391. The van der Waals surface area contributed by atoms with Crippen LogP contribution in [0.5, 0.6) is 0 Å². The number of hydrogen-bond donors (Lipinski definition) is 2. The Morgan fingerprint density at radius 3 is 2.84 bits per heavy atom. The second-order valence-electron chi connectivity index (χ2n) is 9.48. The number of benzene rings is 1. The number of rotatable bonds is 9. The molecule has 1 aliphatic rings. The number of anilines is 3. The topological polar surface area (TPSA) is 77.1 Å². The van der Waals surface area contributed by atoms with Crippen molar-refractivity contribution in [1.29, 1.82) is 0 Å². The van der Waals surface area contributed by atoms with Crippen molar-refractivity contribution in [1.82, 2.24) is 14.5 Å². The molecule has 7 nitrogen and oxygen atoms in total. The van der Waals surface area contributed by atoms with E-state index >= 15 is 0 Å². The van der Waals surface area contributed by atoms with Crippen molar-refractivity contribution < 1.29 is 9.15 Å². The molecule has 0 unspecified atom stereocenters. The summed E-state index contributed by atoms with van der Waals surface area (Å²) < 4.78 is 13.7. The quantitative estimate of drug-likeness (QED) is 0.255. The minimum Gasteiger partial charge on any atom is -0.459 e. The van der Waals surface area contributed by atoms with Gasteiger partial charge < -0.3 is 24.4 Å². The van der Waals surface area contributed by atoms with Gasteiger partial charge in [-0.15, -0.1) is 0 Å². The molecule has 1 saturated carbocycles. The van der Waals surface area contributed by atoms with Gasteiger partial charge in [0.05, 0.1) is 11.8 Å². The van der Waals surface area contributed by atoms with Crippen molar-refractivity contribution in [2.45, 2.75) is 51.3 Å². The SMILES string of the molecule is C[Si](C)(C)CCOCn1ccc2ccc(Nc3nc(NC4CC4)c4occc4n3)cc21. The molecule has 5 rings (SSSR count). The van der Waals surface area contributed by atoms with Crippen LogP contribution >= 0.6 is 0 Å². The number of nitrogens with zero attached hydrogens (tertiary/aromatic N) is 3. The lowest BCUT2D eigenvalue weighted by Gasteiger charge is -2.16. The number of aromatic nitrogens is 3. The van der Waals surface area contributed by atoms with Crippen LogP contribution in [0.25, 0.3) is 22.0 Å². The van der Waals surface area contributed by atoms with Crippen LogP contribution in [0.2, 0.25) is 25.7 Å². The van der Waals surface area contributed by atoms with Crippen LogP contribution in [0.4, 0.5) is 17.5 Å². The molecular formula is C23H29N5O2Si. The Morgan fingerprint density at radius 1 is 1.16 bits per heavy atom. The average molecular weight is 436 g/mol. The molecule has 0 atom stereocenters. The number of furan rings is 1. The molecule has 162 valence electrons. The van der Waals surface area contributed by atoms with Gasteiger partial charge >= 0.3 is 0 Å². The van der Waals surface area contributed by atoms with Crippen LogP contribution in [-0.2, 0) is 11.5 Å². The molecule has 3 aromatic heterocycles. The van der Waals surface area contributed by atoms with E-state index in [4.69, 9.17) is 9.15 Å². The zero-order valence-corrected chi connectivity index (χ0v) is 19.3. The molecule has 0 amide bonds. The lowest BCUT2D eigenvalue weighted by atomic mass is 10.2. The maximum absolute atomic E-state index is 5.95. The first-order valence-electron chi connectivity index (χ1n) is 10.9. The summed E-state index contributed by atoms with van der Waals surface area (Å²) in [5.74, 6) is 1.31. The van der Waals surface area contributed by atoms with E-state index in [1.165, 1.54) is 24.3 Å². The zero-order chi connectivity index (χ0) is 21.4. The van der Waals surface area contributed by atoms with Crippen LogP contribution in [0.1, 0.15) is 12.8 Å². The second kappa shape index (κ2) is 8.01. The third-order valence-electron chi connectivity index (χ3n) is 5.48. The summed E-state index contributed by atoms with van der Waals surface area (Å²) in [5, 5.41) is 7.99. The Bertz CT molecular complexity index is 1210. The maximum Gasteiger partial charge on any atom is 0.229 e. The molecular weight excluding hydrogens is 406 g/mol. The van der Waals surface area contributed by atoms with Gasteiger partial charge in [0, 0.05) is 38.7 Å². The van der Waals surface area contributed by atoms with Gasteiger partial charge in [0.1, 0.15) is 12.2 Å². The lowest BCUT2D eigenvalue weighted by Crippen LogP contribution is -2.21. The van der Waals surface area contributed by atoms with Crippen LogP contribution in [0.15, 0.2) is 47.2 Å². The minimum atomic E-state index is -1.08. The van der Waals surface area contributed by atoms with E-state index in [1.54, 1.807) is 6.26 Å². The van der Waals surface area contributed by atoms with E-state index < -0.39 is 8.07 Å². The Hall–Kier alpha value is -2.84. The second-order valence-corrected chi connectivity index (χ2v) is 15.1. The van der Waals surface area contributed by atoms with Gasteiger partial charge in [-0.2, -0.15) is 4.98 Å². The zero-order valence-electron chi connectivity index (χ0n) is 18.3. The maximum atomic E-state index is 5.95. The molecule has 1 fully saturated rings. The molecule has 4 aromatic rings. The first-order valence-corrected chi connectivity index (χ1v) is 14.6. The first-order chi connectivity index (χ1) is 14.9. The summed E-state index contributed by atoms with van der Waals surface area (Å²) in [5.41, 5.74) is 3.56. The van der Waals surface area contributed by atoms with Gasteiger partial charge in [-0.1, -0.05) is 25.7 Å². The van der Waals surface area contributed by atoms with Crippen molar-refractivity contribution in [3.8, 4) is 0 Å². The summed E-state index contributed by atoms with van der Waals surface area (Å²) >= 11 is 0. The van der Waals surface area contributed by atoms with E-state index in [2.05, 4.69) is 75.3 Å². The molecule has 1 aliphatic carbocycles. The molecule has 1 aromatic carbocycles. The number of ether oxygens (including phenoxy) is 1. The Balaban J connectivity index is 1.34. The van der Waals surface area contributed by atoms with Gasteiger partial charge in [0.25, 0.3) is 0 Å². The smallest absolute Gasteiger partial charge is 0.229 e. The third kappa shape index (κ3) is 4.75. The van der Waals surface area contributed by atoms with Gasteiger partial charge in [-0.25, -0.2) is 4.98 Å². The van der Waals surface area contributed by atoms with Crippen LogP contribution in [-0.4, -0.2) is 35.3 Å². The minimum absolute atomic E-state index is 0.483. The molecule has 31 heavy (non-hydrogen) atoms. The molecule has 0 spiro atoms. The van der Waals surface area contributed by atoms with Crippen molar-refractivity contribution in [3.63, 3.8) is 0 Å². The van der Waals surface area contributed by atoms with E-state index in [0.717, 1.165) is 29.1 Å². The van der Waals surface area contributed by atoms with Crippen LogP contribution in [0, 0.1) is 0 Å². The molecule has 8 heteroatoms. The van der Waals surface area contributed by atoms with Gasteiger partial charge in [0.15, 0.2) is 11.4 Å². The molecule has 3 heterocycles. The lowest BCUT2D eigenvalue weighted by molar-refractivity contribution is 0.0902. The number of hydrogen-bond acceptors (Lipinski definition) is 6. The number of nitrogens with one attached hydrogen (secondary N) is 2. The molecule has 2 N–H and O–H groups in total. The molecule has 0 saturated heterocycles. The van der Waals surface area contributed by atoms with Crippen molar-refractivity contribution >= 4 is 47.5 Å². The van der Waals surface area contributed by atoms with Crippen LogP contribution in [0.3, 0.4) is 0 Å². The third-order valence-corrected chi connectivity index (χ3v) is 7.18. The Labute approximate surface area is 182 Å². The van der Waals surface area contributed by atoms with Gasteiger partial charge in [0.2, 0.25) is 5.95 Å². The predicted octanol–water partition coefficient (Wildman–Crippen LogP) is 5.81. The highest BCUT2D eigenvalue weighted by Gasteiger charge is 2.23. The van der Waals surface area contributed by atoms with Gasteiger partial charge in [-0.3, -0.25) is 0 Å². The average Bonchev–Trinajstić information content (AvgIpc) is 3.25. The fourth-order valence-corrected chi connectivity index (χ4v) is 4.24. The summed E-state index contributed by atoms with van der Waals surface area (Å²) in [6.45, 7) is 8.47. The highest BCUT2D eigenvalue weighted by atomic mass is 28.3. The monoisotopic (exact) mass is 435 g/mol. The predicted molar refractivity (Wildman–Crippen MR) is 128 cm³/mol. The highest BCUT2D eigenvalue weighted by molar-refractivity contribution is 6.76. The Kier molecular flexibility index (Phi) is 5.19. The fourth-order valence-electron chi connectivity index (χ4n) is 3.48. The first kappa shape index (κ1) is 20.1. The highest BCUT2D eigenvalue weighted by Crippen LogP contribution is 2.30. The van der Waals surface area contributed by atoms with E-state index in [9.17, 15) is 0 Å². The van der Waals surface area contributed by atoms with E-state index in [-0.39, 0.29) is 0 Å². The summed E-state index contributed by atoms with van der Waals surface area (Å²) in [6, 6.07) is 11.9. The van der Waals surface area contributed by atoms with Crippen molar-refractivity contribution in [2.24, 2.45) is 0 Å². The molecule has 0 aliphatic heterocycles. The number of fused-ring (bicyclic) bond motifs is 2. The standard InChI is InChI=1S/C23H29N5O2Si/c1-31(2,3)13-12-29-15-28-10-8-16-4-5-18(14-20(16)28)25-23-26-19-9-11-30-21(19)22(27-23)24-17-6-7-17/h4-5,8-11,14,17H,6-7,12-13,15H2,1-3H3,(H2,24,25,26,27). The van der Waals surface area contributed by atoms with Crippen LogP contribution < -0.4 is 10.6 Å². The Morgan fingerprint density at radius 2 is 2.03 bits per heavy atom. The van der Waals surface area contributed by atoms with Gasteiger partial charge in [-0.05, 0) is 42.5 Å².